The van der Waals surface area contributed by atoms with Crippen LogP contribution in [0, 0.1) is 0 Å². The largest absolute Gasteiger partial charge is 0.444 e. The number of nitrogens with one attached hydrogen (secondary N) is 1. The van der Waals surface area contributed by atoms with Crippen LogP contribution in [0.1, 0.15) is 10.6 Å². The number of thioether (sulfide) groups is 1. The maximum atomic E-state index is 12.0. The molecule has 0 radical (unpaired) electrons. The summed E-state index contributed by atoms with van der Waals surface area (Å²) in [7, 11) is 0. The Kier molecular flexibility index (Phi) is 3.82. The van der Waals surface area contributed by atoms with Crippen molar-refractivity contribution >= 4 is 60.3 Å². The van der Waals surface area contributed by atoms with Gasteiger partial charge in [-0.3, -0.25) is 10.1 Å². The minimum atomic E-state index is -0.306. The number of carbonyl (C=O) groups excluding carboxylic acids is 1. The van der Waals surface area contributed by atoms with Crippen LogP contribution in [-0.2, 0) is 0 Å². The van der Waals surface area contributed by atoms with Gasteiger partial charge in [-0.25, -0.2) is 4.98 Å². The topological polar surface area (TPSA) is 55.1 Å². The number of hydrogen-bond acceptors (Lipinski definition) is 5. The van der Waals surface area contributed by atoms with Gasteiger partial charge in [0.2, 0.25) is 0 Å². The Balaban J connectivity index is 1.85. The summed E-state index contributed by atoms with van der Waals surface area (Å²) in [4.78, 5) is 17.5. The van der Waals surface area contributed by atoms with Gasteiger partial charge >= 0.3 is 0 Å². The first-order chi connectivity index (χ1) is 9.65. The molecule has 0 aliphatic heterocycles. The van der Waals surface area contributed by atoms with E-state index >= 15 is 0 Å². The molecule has 2 aromatic heterocycles. The molecule has 0 aliphatic carbocycles. The number of aromatic nitrogens is 1. The minimum absolute atomic E-state index is 0.251. The molecule has 0 fully saturated rings. The molecular formula is C13H9BrN2O2S2. The summed E-state index contributed by atoms with van der Waals surface area (Å²) in [5.74, 6) is -0.0548. The minimum Gasteiger partial charge on any atom is -0.444 e. The van der Waals surface area contributed by atoms with E-state index in [-0.39, 0.29) is 11.7 Å². The number of rotatable bonds is 3. The van der Waals surface area contributed by atoms with Crippen LogP contribution in [0.15, 0.2) is 44.3 Å². The van der Waals surface area contributed by atoms with Gasteiger partial charge < -0.3 is 4.42 Å². The fourth-order valence-electron chi connectivity index (χ4n) is 1.68. The SMILES string of the molecule is CSc1ccc2nc(NC(=O)c3ccc(Br)o3)sc2c1. The number of thiazole rings is 1. The van der Waals surface area contributed by atoms with Gasteiger partial charge in [0.1, 0.15) is 0 Å². The fourth-order valence-corrected chi connectivity index (χ4v) is 3.40. The van der Waals surface area contributed by atoms with Gasteiger partial charge in [-0.15, -0.1) is 11.8 Å². The van der Waals surface area contributed by atoms with Crippen molar-refractivity contribution in [2.24, 2.45) is 0 Å². The number of fused-ring (bicyclic) bond motifs is 1. The number of furan rings is 1. The Morgan fingerprint density at radius 2 is 2.25 bits per heavy atom. The molecule has 0 unspecified atom stereocenters. The summed E-state index contributed by atoms with van der Waals surface area (Å²) in [6, 6.07) is 9.33. The number of amides is 1. The molecule has 2 heterocycles. The van der Waals surface area contributed by atoms with Crippen molar-refractivity contribution < 1.29 is 9.21 Å². The lowest BCUT2D eigenvalue weighted by molar-refractivity contribution is 0.0995. The van der Waals surface area contributed by atoms with Crippen LogP contribution in [0.2, 0.25) is 0 Å². The molecule has 1 amide bonds. The van der Waals surface area contributed by atoms with Gasteiger partial charge in [-0.1, -0.05) is 11.3 Å². The Morgan fingerprint density at radius 1 is 1.40 bits per heavy atom. The van der Waals surface area contributed by atoms with E-state index in [4.69, 9.17) is 4.42 Å². The maximum Gasteiger partial charge on any atom is 0.293 e. The molecule has 102 valence electrons. The van der Waals surface area contributed by atoms with Gasteiger partial charge in [-0.05, 0) is 52.5 Å². The van der Waals surface area contributed by atoms with Crippen LogP contribution in [0.4, 0.5) is 5.13 Å². The number of carbonyl (C=O) groups is 1. The van der Waals surface area contributed by atoms with Crippen molar-refractivity contribution in [3.05, 3.63) is 40.8 Å². The lowest BCUT2D eigenvalue weighted by Crippen LogP contribution is -2.10. The molecule has 3 rings (SSSR count). The summed E-state index contributed by atoms with van der Waals surface area (Å²) in [5, 5.41) is 3.31. The van der Waals surface area contributed by atoms with E-state index in [1.54, 1.807) is 23.9 Å². The predicted molar refractivity (Wildman–Crippen MR) is 85.8 cm³/mol. The van der Waals surface area contributed by atoms with E-state index < -0.39 is 0 Å². The molecule has 4 nitrogen and oxygen atoms in total. The third-order valence-electron chi connectivity index (χ3n) is 2.61. The molecule has 0 atom stereocenters. The number of nitrogens with zero attached hydrogens (tertiary/aromatic N) is 1. The van der Waals surface area contributed by atoms with E-state index in [0.717, 1.165) is 10.2 Å². The molecule has 1 aromatic carbocycles. The first kappa shape index (κ1) is 13.7. The summed E-state index contributed by atoms with van der Waals surface area (Å²) >= 11 is 6.29. The zero-order valence-electron chi connectivity index (χ0n) is 10.3. The van der Waals surface area contributed by atoms with Crippen molar-refractivity contribution in [3.8, 4) is 0 Å². The van der Waals surface area contributed by atoms with Gasteiger partial charge in [0.15, 0.2) is 15.6 Å². The Labute approximate surface area is 131 Å². The monoisotopic (exact) mass is 368 g/mol. The zero-order valence-corrected chi connectivity index (χ0v) is 13.6. The van der Waals surface area contributed by atoms with Crippen LogP contribution in [0.3, 0.4) is 0 Å². The van der Waals surface area contributed by atoms with Crippen molar-refractivity contribution in [1.82, 2.24) is 4.98 Å². The number of hydrogen-bond donors (Lipinski definition) is 1. The van der Waals surface area contributed by atoms with Crippen molar-refractivity contribution in [3.63, 3.8) is 0 Å². The second kappa shape index (κ2) is 5.59. The Morgan fingerprint density at radius 3 is 2.95 bits per heavy atom. The normalized spacial score (nSPS) is 10.9. The molecule has 0 saturated heterocycles. The molecule has 1 N–H and O–H groups in total. The molecule has 0 aliphatic rings. The maximum absolute atomic E-state index is 12.0. The average Bonchev–Trinajstić information content (AvgIpc) is 3.03. The van der Waals surface area contributed by atoms with E-state index in [2.05, 4.69) is 32.3 Å². The van der Waals surface area contributed by atoms with E-state index in [1.165, 1.54) is 16.2 Å². The first-order valence-corrected chi connectivity index (χ1v) is 8.50. The standard InChI is InChI=1S/C13H9BrN2O2S2/c1-19-7-2-3-8-10(6-7)20-13(15-8)16-12(17)9-4-5-11(14)18-9/h2-6H,1H3,(H,15,16,17). The van der Waals surface area contributed by atoms with Crippen molar-refractivity contribution in [2.45, 2.75) is 4.90 Å². The van der Waals surface area contributed by atoms with E-state index in [0.29, 0.717) is 9.80 Å². The lowest BCUT2D eigenvalue weighted by Gasteiger charge is -1.96. The van der Waals surface area contributed by atoms with Crippen LogP contribution >= 0.6 is 39.0 Å². The van der Waals surface area contributed by atoms with Crippen LogP contribution in [0.25, 0.3) is 10.2 Å². The van der Waals surface area contributed by atoms with E-state index in [1.807, 2.05) is 18.4 Å². The summed E-state index contributed by atoms with van der Waals surface area (Å²) in [6.45, 7) is 0. The second-order valence-corrected chi connectivity index (χ2v) is 6.60. The third kappa shape index (κ3) is 2.74. The highest BCUT2D eigenvalue weighted by Gasteiger charge is 2.13. The molecule has 0 saturated carbocycles. The highest BCUT2D eigenvalue weighted by atomic mass is 79.9. The molecule has 3 aromatic rings. The van der Waals surface area contributed by atoms with Crippen LogP contribution in [-0.4, -0.2) is 17.1 Å². The first-order valence-electron chi connectivity index (χ1n) is 5.67. The second-order valence-electron chi connectivity index (χ2n) is 3.91. The van der Waals surface area contributed by atoms with Gasteiger partial charge in [-0.2, -0.15) is 0 Å². The molecule has 7 heteroatoms. The quantitative estimate of drug-likeness (QED) is 0.684. The molecule has 0 bridgehead atoms. The van der Waals surface area contributed by atoms with Crippen molar-refractivity contribution in [2.75, 3.05) is 11.6 Å². The average molecular weight is 369 g/mol. The summed E-state index contributed by atoms with van der Waals surface area (Å²) in [5.41, 5.74) is 0.878. The number of halogens is 1. The summed E-state index contributed by atoms with van der Waals surface area (Å²) in [6.07, 6.45) is 2.03. The smallest absolute Gasteiger partial charge is 0.293 e. The van der Waals surface area contributed by atoms with Crippen molar-refractivity contribution in [1.29, 1.82) is 0 Å². The molecule has 0 spiro atoms. The van der Waals surface area contributed by atoms with Crippen LogP contribution < -0.4 is 5.32 Å². The third-order valence-corrected chi connectivity index (χ3v) is 4.70. The lowest BCUT2D eigenvalue weighted by atomic mass is 10.3. The van der Waals surface area contributed by atoms with Gasteiger partial charge in [0, 0.05) is 4.90 Å². The Bertz CT molecular complexity index is 782. The van der Waals surface area contributed by atoms with Crippen LogP contribution in [0.5, 0.6) is 0 Å². The fraction of sp³-hybridized carbons (Fsp3) is 0.0769. The molecule has 20 heavy (non-hydrogen) atoms. The number of anilines is 1. The predicted octanol–water partition coefficient (Wildman–Crippen LogP) is 4.63. The highest BCUT2D eigenvalue weighted by Crippen LogP contribution is 2.29. The molecular weight excluding hydrogens is 360 g/mol. The van der Waals surface area contributed by atoms with E-state index in [9.17, 15) is 4.79 Å². The highest BCUT2D eigenvalue weighted by molar-refractivity contribution is 9.10. The van der Waals surface area contributed by atoms with Gasteiger partial charge in [0.25, 0.3) is 5.91 Å². The summed E-state index contributed by atoms with van der Waals surface area (Å²) < 4.78 is 6.78. The number of benzene rings is 1. The zero-order chi connectivity index (χ0) is 14.1. The Hall–Kier alpha value is -1.31. The van der Waals surface area contributed by atoms with Gasteiger partial charge in [0.05, 0.1) is 10.2 Å².